The molecule has 0 aliphatic heterocycles. The Balaban J connectivity index is 2.13. The van der Waals surface area contributed by atoms with Crippen molar-refractivity contribution in [2.45, 2.75) is 12.7 Å². The minimum absolute atomic E-state index is 0.736. The van der Waals surface area contributed by atoms with Gasteiger partial charge in [-0.2, -0.15) is 5.10 Å². The fourth-order valence-corrected chi connectivity index (χ4v) is 7.04. The summed E-state index contributed by atoms with van der Waals surface area (Å²) >= 11 is 12.5. The molecule has 2 aromatic carbocycles. The molecule has 0 amide bonds. The summed E-state index contributed by atoms with van der Waals surface area (Å²) in [5, 5.41) is 8.26. The molecule has 3 nitrogen and oxygen atoms in total. The molecule has 0 N–H and O–H groups in total. The Labute approximate surface area is 140 Å². The van der Waals surface area contributed by atoms with Gasteiger partial charge in [-0.25, -0.2) is 4.98 Å². The largest absolute Gasteiger partial charge is 0.255 e. The van der Waals surface area contributed by atoms with Crippen LogP contribution in [0.1, 0.15) is 0 Å². The van der Waals surface area contributed by atoms with Crippen LogP contribution < -0.4 is 10.4 Å². The van der Waals surface area contributed by atoms with Gasteiger partial charge in [-0.05, 0) is 23.4 Å². The van der Waals surface area contributed by atoms with E-state index in [0.717, 1.165) is 16.2 Å². The summed E-state index contributed by atoms with van der Waals surface area (Å²) in [5.74, 6) is 0. The number of aromatic nitrogens is 3. The zero-order chi connectivity index (χ0) is 15.6. The topological polar surface area (TPSA) is 30.7 Å². The van der Waals surface area contributed by atoms with Crippen molar-refractivity contribution >= 4 is 41.6 Å². The quantitative estimate of drug-likeness (QED) is 0.679. The van der Waals surface area contributed by atoms with Gasteiger partial charge in [0.2, 0.25) is 0 Å². The van der Waals surface area contributed by atoms with Gasteiger partial charge in [-0.1, -0.05) is 65.3 Å². The highest BCUT2D eigenvalue weighted by atomic mass is 35.5. The summed E-state index contributed by atoms with van der Waals surface area (Å²) in [6.45, 7) is 2.29. The first-order valence-corrected chi connectivity index (χ1v) is 10.4. The second-order valence-electron chi connectivity index (χ2n) is 5.41. The van der Waals surface area contributed by atoms with Gasteiger partial charge in [0.05, 0.1) is 0 Å². The molecule has 0 radical (unpaired) electrons. The summed E-state index contributed by atoms with van der Waals surface area (Å²) < 4.78 is 1.88. The van der Waals surface area contributed by atoms with Gasteiger partial charge in [0.25, 0.3) is 0 Å². The first kappa shape index (κ1) is 15.3. The Kier molecular flexibility index (Phi) is 4.34. The normalized spacial score (nSPS) is 13.8. The molecular weight excluding hydrogens is 333 g/mol. The van der Waals surface area contributed by atoms with Crippen LogP contribution in [0.4, 0.5) is 0 Å². The highest BCUT2D eigenvalue weighted by Crippen LogP contribution is 2.16. The summed E-state index contributed by atoms with van der Waals surface area (Å²) in [6, 6.07) is 16.1. The van der Waals surface area contributed by atoms with E-state index in [0.29, 0.717) is 0 Å². The summed E-state index contributed by atoms with van der Waals surface area (Å²) in [4.78, 5) is 4.05. The molecule has 1 unspecified atom stereocenters. The second kappa shape index (κ2) is 6.24. The van der Waals surface area contributed by atoms with Gasteiger partial charge in [0.15, 0.2) is 0 Å². The predicted molar refractivity (Wildman–Crippen MR) is 93.8 cm³/mol. The molecule has 1 atom stereocenters. The van der Waals surface area contributed by atoms with E-state index in [1.165, 1.54) is 10.4 Å². The number of nitrogens with zero attached hydrogens (tertiary/aromatic N) is 3. The van der Waals surface area contributed by atoms with Crippen LogP contribution in [-0.4, -0.2) is 22.8 Å². The zero-order valence-electron chi connectivity index (χ0n) is 12.1. The van der Waals surface area contributed by atoms with Gasteiger partial charge in [-0.3, -0.25) is 4.68 Å². The zero-order valence-corrected chi connectivity index (χ0v) is 14.6. The van der Waals surface area contributed by atoms with Crippen LogP contribution in [0.5, 0.6) is 0 Å². The fraction of sp³-hybridized carbons (Fsp3) is 0.125. The first-order chi connectivity index (χ1) is 10.6. The third-order valence-corrected chi connectivity index (χ3v) is 8.82. The standard InChI is InChI=1S/C16H15Cl2N3Si/c1-22(12-21-11-19-10-20-21,14-8-6-13(17)7-9-14)16-5-3-2-4-15(16)18/h2-11H,12H2,1H3. The van der Waals surface area contributed by atoms with E-state index in [-0.39, 0.29) is 0 Å². The summed E-state index contributed by atoms with van der Waals surface area (Å²) in [5.41, 5.74) is 0. The smallest absolute Gasteiger partial charge is 0.139 e. The maximum Gasteiger partial charge on any atom is 0.139 e. The van der Waals surface area contributed by atoms with Gasteiger partial charge in [-0.15, -0.1) is 0 Å². The maximum atomic E-state index is 6.49. The van der Waals surface area contributed by atoms with Crippen molar-refractivity contribution in [2.24, 2.45) is 0 Å². The maximum absolute atomic E-state index is 6.49. The molecule has 22 heavy (non-hydrogen) atoms. The van der Waals surface area contributed by atoms with Crippen molar-refractivity contribution in [3.63, 3.8) is 0 Å². The van der Waals surface area contributed by atoms with Gasteiger partial charge < -0.3 is 0 Å². The Bertz CT molecular complexity index is 759. The molecule has 0 spiro atoms. The van der Waals surface area contributed by atoms with Crippen LogP contribution in [-0.2, 0) is 6.17 Å². The lowest BCUT2D eigenvalue weighted by Crippen LogP contribution is -2.59. The molecule has 0 aliphatic carbocycles. The van der Waals surface area contributed by atoms with Crippen LogP contribution in [0.15, 0.2) is 61.2 Å². The Morgan fingerprint density at radius 1 is 1.05 bits per heavy atom. The molecule has 0 fully saturated rings. The van der Waals surface area contributed by atoms with E-state index >= 15 is 0 Å². The third kappa shape index (κ3) is 2.95. The molecule has 0 aliphatic rings. The van der Waals surface area contributed by atoms with Crippen molar-refractivity contribution in [3.05, 3.63) is 71.2 Å². The van der Waals surface area contributed by atoms with Crippen molar-refractivity contribution in [1.82, 2.24) is 14.8 Å². The number of hydrogen-bond acceptors (Lipinski definition) is 2. The lowest BCUT2D eigenvalue weighted by atomic mass is 10.4. The molecule has 6 heteroatoms. The van der Waals surface area contributed by atoms with E-state index in [2.05, 4.69) is 34.8 Å². The molecule has 112 valence electrons. The Morgan fingerprint density at radius 3 is 2.41 bits per heavy atom. The third-order valence-electron chi connectivity index (χ3n) is 3.89. The van der Waals surface area contributed by atoms with Crippen molar-refractivity contribution in [2.75, 3.05) is 0 Å². The lowest BCUT2D eigenvalue weighted by Gasteiger charge is -2.29. The van der Waals surface area contributed by atoms with Crippen LogP contribution in [0.3, 0.4) is 0 Å². The van der Waals surface area contributed by atoms with Crippen molar-refractivity contribution in [1.29, 1.82) is 0 Å². The van der Waals surface area contributed by atoms with Crippen molar-refractivity contribution in [3.8, 4) is 0 Å². The number of rotatable bonds is 4. The highest BCUT2D eigenvalue weighted by Gasteiger charge is 2.34. The second-order valence-corrected chi connectivity index (χ2v) is 10.4. The molecule has 1 heterocycles. The number of halogens is 2. The minimum Gasteiger partial charge on any atom is -0.255 e. The molecule has 0 saturated carbocycles. The van der Waals surface area contributed by atoms with E-state index in [1.807, 2.05) is 35.0 Å². The minimum atomic E-state index is -2.10. The van der Waals surface area contributed by atoms with Crippen LogP contribution in [0.25, 0.3) is 0 Å². The molecule has 0 saturated heterocycles. The predicted octanol–water partition coefficient (Wildman–Crippen LogP) is 3.02. The molecular formula is C16H15Cl2N3Si. The lowest BCUT2D eigenvalue weighted by molar-refractivity contribution is 0.727. The average molecular weight is 348 g/mol. The number of hydrogen-bond donors (Lipinski definition) is 0. The Hall–Kier alpha value is -1.62. The van der Waals surface area contributed by atoms with Gasteiger partial charge in [0.1, 0.15) is 20.7 Å². The van der Waals surface area contributed by atoms with E-state index in [9.17, 15) is 0 Å². The van der Waals surface area contributed by atoms with E-state index in [4.69, 9.17) is 23.2 Å². The van der Waals surface area contributed by atoms with Crippen LogP contribution >= 0.6 is 23.2 Å². The Morgan fingerprint density at radius 2 is 1.77 bits per heavy atom. The SMILES string of the molecule is C[Si](Cn1cncn1)(c1ccc(Cl)cc1)c1ccccc1Cl. The van der Waals surface area contributed by atoms with Crippen molar-refractivity contribution < 1.29 is 0 Å². The monoisotopic (exact) mass is 347 g/mol. The molecule has 1 aromatic heterocycles. The van der Waals surface area contributed by atoms with Crippen LogP contribution in [0.2, 0.25) is 16.6 Å². The fourth-order valence-electron chi connectivity index (χ4n) is 2.70. The van der Waals surface area contributed by atoms with Crippen LogP contribution in [0, 0.1) is 0 Å². The highest BCUT2D eigenvalue weighted by molar-refractivity contribution is 7.01. The number of benzene rings is 2. The van der Waals surface area contributed by atoms with E-state index in [1.54, 1.807) is 12.7 Å². The first-order valence-electron chi connectivity index (χ1n) is 6.93. The van der Waals surface area contributed by atoms with Gasteiger partial charge >= 0.3 is 0 Å². The van der Waals surface area contributed by atoms with E-state index < -0.39 is 8.07 Å². The summed E-state index contributed by atoms with van der Waals surface area (Å²) in [7, 11) is -2.10. The summed E-state index contributed by atoms with van der Waals surface area (Å²) in [6.07, 6.45) is 4.08. The average Bonchev–Trinajstić information content (AvgIpc) is 3.01. The van der Waals surface area contributed by atoms with Gasteiger partial charge in [0, 0.05) is 16.2 Å². The molecule has 3 aromatic rings. The molecule has 3 rings (SSSR count). The molecule has 0 bridgehead atoms.